The van der Waals surface area contributed by atoms with Crippen molar-refractivity contribution in [3.63, 3.8) is 0 Å². The van der Waals surface area contributed by atoms with Gasteiger partial charge in [0.05, 0.1) is 0 Å². The summed E-state index contributed by atoms with van der Waals surface area (Å²) < 4.78 is 0. The third kappa shape index (κ3) is 4.10. The van der Waals surface area contributed by atoms with Crippen molar-refractivity contribution >= 4 is 0 Å². The van der Waals surface area contributed by atoms with Gasteiger partial charge in [0.15, 0.2) is 0 Å². The topological polar surface area (TPSA) is 15.3 Å². The lowest BCUT2D eigenvalue weighted by atomic mass is 10.0. The molecular formula is C11H24N2. The molecule has 0 aromatic rings. The Balaban J connectivity index is 1.98. The molecule has 1 fully saturated rings. The van der Waals surface area contributed by atoms with Gasteiger partial charge in [0, 0.05) is 0 Å². The first-order chi connectivity index (χ1) is 6.36. The number of nitrogens with one attached hydrogen (secondary N) is 1. The second-order valence-corrected chi connectivity index (χ2v) is 4.03. The first kappa shape index (κ1) is 11.0. The van der Waals surface area contributed by atoms with E-state index in [2.05, 4.69) is 24.1 Å². The van der Waals surface area contributed by atoms with Gasteiger partial charge in [0.2, 0.25) is 0 Å². The van der Waals surface area contributed by atoms with Crippen molar-refractivity contribution in [3.8, 4) is 0 Å². The highest BCUT2D eigenvalue weighted by molar-refractivity contribution is 4.71. The van der Waals surface area contributed by atoms with Crippen LogP contribution < -0.4 is 5.32 Å². The molecule has 1 atom stereocenters. The van der Waals surface area contributed by atoms with Crippen LogP contribution in [0.25, 0.3) is 0 Å². The fourth-order valence-electron chi connectivity index (χ4n) is 2.10. The number of rotatable bonds is 6. The zero-order valence-corrected chi connectivity index (χ0v) is 9.18. The summed E-state index contributed by atoms with van der Waals surface area (Å²) in [6, 6.07) is 0. The van der Waals surface area contributed by atoms with Crippen LogP contribution in [-0.4, -0.2) is 37.6 Å². The number of hydrogen-bond donors (Lipinski definition) is 1. The van der Waals surface area contributed by atoms with E-state index < -0.39 is 0 Å². The Morgan fingerprint density at radius 1 is 1.31 bits per heavy atom. The molecule has 0 radical (unpaired) electrons. The lowest BCUT2D eigenvalue weighted by Crippen LogP contribution is -2.24. The van der Waals surface area contributed by atoms with Gasteiger partial charge < -0.3 is 10.2 Å². The molecule has 0 bridgehead atoms. The maximum Gasteiger partial charge on any atom is -0.00189 e. The average Bonchev–Trinajstić information content (AvgIpc) is 2.65. The quantitative estimate of drug-likeness (QED) is 0.676. The van der Waals surface area contributed by atoms with Crippen LogP contribution in [0.1, 0.15) is 33.1 Å². The Morgan fingerprint density at radius 2 is 2.08 bits per heavy atom. The molecule has 2 heteroatoms. The van der Waals surface area contributed by atoms with Gasteiger partial charge in [-0.1, -0.05) is 13.8 Å². The first-order valence-electron chi connectivity index (χ1n) is 5.79. The summed E-state index contributed by atoms with van der Waals surface area (Å²) >= 11 is 0. The smallest absolute Gasteiger partial charge is 0.00189 e. The van der Waals surface area contributed by atoms with Gasteiger partial charge >= 0.3 is 0 Å². The molecule has 1 aliphatic rings. The molecule has 78 valence electrons. The van der Waals surface area contributed by atoms with Crippen LogP contribution in [0, 0.1) is 5.92 Å². The van der Waals surface area contributed by atoms with E-state index in [0.717, 1.165) is 5.92 Å². The average molecular weight is 184 g/mol. The van der Waals surface area contributed by atoms with Crippen molar-refractivity contribution in [1.29, 1.82) is 0 Å². The molecule has 0 aliphatic carbocycles. The number of nitrogens with zero attached hydrogens (tertiary/aromatic N) is 1. The van der Waals surface area contributed by atoms with Crippen molar-refractivity contribution < 1.29 is 0 Å². The van der Waals surface area contributed by atoms with Gasteiger partial charge in [0.1, 0.15) is 0 Å². The van der Waals surface area contributed by atoms with E-state index in [0.29, 0.717) is 0 Å². The van der Waals surface area contributed by atoms with Gasteiger partial charge in [-0.3, -0.25) is 0 Å². The Kier molecular flexibility index (Phi) is 5.40. The van der Waals surface area contributed by atoms with Crippen LogP contribution >= 0.6 is 0 Å². The Bertz CT molecular complexity index is 113. The third-order valence-electron chi connectivity index (χ3n) is 3.14. The Hall–Kier alpha value is -0.0800. The maximum atomic E-state index is 3.42. The van der Waals surface area contributed by atoms with Gasteiger partial charge in [0.25, 0.3) is 0 Å². The highest BCUT2D eigenvalue weighted by Crippen LogP contribution is 2.14. The normalized spacial score (nSPS) is 22.8. The lowest BCUT2D eigenvalue weighted by molar-refractivity contribution is 0.288. The second-order valence-electron chi connectivity index (χ2n) is 4.03. The molecule has 0 spiro atoms. The molecule has 1 aliphatic heterocycles. The molecule has 0 aromatic carbocycles. The second kappa shape index (κ2) is 6.39. The molecule has 1 N–H and O–H groups in total. The van der Waals surface area contributed by atoms with E-state index in [4.69, 9.17) is 0 Å². The van der Waals surface area contributed by atoms with Crippen molar-refractivity contribution in [3.05, 3.63) is 0 Å². The molecule has 1 rings (SSSR count). The van der Waals surface area contributed by atoms with Crippen LogP contribution in [0.15, 0.2) is 0 Å². The minimum absolute atomic E-state index is 0.968. The molecule has 0 saturated carbocycles. The summed E-state index contributed by atoms with van der Waals surface area (Å²) in [6.45, 7) is 10.7. The molecule has 0 aromatic heterocycles. The fraction of sp³-hybridized carbons (Fsp3) is 1.00. The lowest BCUT2D eigenvalue weighted by Gasteiger charge is -2.18. The van der Waals surface area contributed by atoms with Crippen LogP contribution in [0.2, 0.25) is 0 Å². The maximum absolute atomic E-state index is 3.42. The molecule has 0 amide bonds. The molecule has 13 heavy (non-hydrogen) atoms. The van der Waals surface area contributed by atoms with Crippen molar-refractivity contribution in [2.24, 2.45) is 5.92 Å². The first-order valence-corrected chi connectivity index (χ1v) is 5.79. The van der Waals surface area contributed by atoms with Crippen molar-refractivity contribution in [1.82, 2.24) is 10.2 Å². The molecule has 1 saturated heterocycles. The highest BCUT2D eigenvalue weighted by atomic mass is 15.1. The van der Waals surface area contributed by atoms with Crippen LogP contribution in [0.4, 0.5) is 0 Å². The van der Waals surface area contributed by atoms with Gasteiger partial charge in [-0.15, -0.1) is 0 Å². The Labute approximate surface area is 82.7 Å². The summed E-state index contributed by atoms with van der Waals surface area (Å²) in [4.78, 5) is 2.52. The number of hydrogen-bond acceptors (Lipinski definition) is 2. The van der Waals surface area contributed by atoms with E-state index in [1.165, 1.54) is 52.0 Å². The van der Waals surface area contributed by atoms with E-state index in [1.54, 1.807) is 0 Å². The minimum Gasteiger partial charge on any atom is -0.316 e. The zero-order valence-electron chi connectivity index (χ0n) is 9.18. The molecular weight excluding hydrogens is 160 g/mol. The summed E-state index contributed by atoms with van der Waals surface area (Å²) in [5.41, 5.74) is 0. The van der Waals surface area contributed by atoms with E-state index in [1.807, 2.05) is 0 Å². The van der Waals surface area contributed by atoms with E-state index in [-0.39, 0.29) is 0 Å². The third-order valence-corrected chi connectivity index (χ3v) is 3.14. The zero-order chi connectivity index (χ0) is 9.52. The fourth-order valence-corrected chi connectivity index (χ4v) is 2.10. The monoisotopic (exact) mass is 184 g/mol. The summed E-state index contributed by atoms with van der Waals surface area (Å²) in [5.74, 6) is 0.968. The SMILES string of the molecule is CCN(CC)CCCC1CCNC1. The minimum atomic E-state index is 0.968. The molecule has 2 nitrogen and oxygen atoms in total. The highest BCUT2D eigenvalue weighted by Gasteiger charge is 2.13. The molecule has 1 heterocycles. The van der Waals surface area contributed by atoms with Crippen LogP contribution in [0.3, 0.4) is 0 Å². The van der Waals surface area contributed by atoms with Gasteiger partial charge in [-0.2, -0.15) is 0 Å². The summed E-state index contributed by atoms with van der Waals surface area (Å²) in [7, 11) is 0. The predicted octanol–water partition coefficient (Wildman–Crippen LogP) is 1.72. The summed E-state index contributed by atoms with van der Waals surface area (Å²) in [6.07, 6.45) is 4.20. The standard InChI is InChI=1S/C11H24N2/c1-3-13(4-2)9-5-6-11-7-8-12-10-11/h11-12H,3-10H2,1-2H3. The van der Waals surface area contributed by atoms with Crippen molar-refractivity contribution in [2.45, 2.75) is 33.1 Å². The molecule has 1 unspecified atom stereocenters. The van der Waals surface area contributed by atoms with E-state index in [9.17, 15) is 0 Å². The van der Waals surface area contributed by atoms with Crippen LogP contribution in [-0.2, 0) is 0 Å². The van der Waals surface area contributed by atoms with Crippen molar-refractivity contribution in [2.75, 3.05) is 32.7 Å². The predicted molar refractivity (Wildman–Crippen MR) is 58.0 cm³/mol. The van der Waals surface area contributed by atoms with Crippen LogP contribution in [0.5, 0.6) is 0 Å². The summed E-state index contributed by atoms with van der Waals surface area (Å²) in [5, 5.41) is 3.42. The van der Waals surface area contributed by atoms with Gasteiger partial charge in [-0.25, -0.2) is 0 Å². The Morgan fingerprint density at radius 3 is 2.62 bits per heavy atom. The van der Waals surface area contributed by atoms with Gasteiger partial charge in [-0.05, 0) is 57.9 Å². The largest absolute Gasteiger partial charge is 0.316 e. The van der Waals surface area contributed by atoms with E-state index >= 15 is 0 Å².